The van der Waals surface area contributed by atoms with Crippen molar-refractivity contribution in [3.8, 4) is 17.0 Å². The topological polar surface area (TPSA) is 78.1 Å². The van der Waals surface area contributed by atoms with E-state index in [4.69, 9.17) is 9.72 Å². The Balaban J connectivity index is 1.50. The number of amides is 1. The van der Waals surface area contributed by atoms with Crippen LogP contribution < -0.4 is 9.64 Å². The van der Waals surface area contributed by atoms with Crippen LogP contribution in [0.4, 0.5) is 18.9 Å². The molecule has 1 amide bonds. The van der Waals surface area contributed by atoms with Gasteiger partial charge in [-0.05, 0) is 56.9 Å². The van der Waals surface area contributed by atoms with Crippen molar-refractivity contribution < 1.29 is 22.7 Å². The number of imidazole rings is 1. The first-order valence-corrected chi connectivity index (χ1v) is 13.6. The highest BCUT2D eigenvalue weighted by atomic mass is 19.3. The van der Waals surface area contributed by atoms with Crippen LogP contribution >= 0.6 is 0 Å². The molecule has 40 heavy (non-hydrogen) atoms. The highest BCUT2D eigenvalue weighted by Crippen LogP contribution is 2.44. The highest BCUT2D eigenvalue weighted by Gasteiger charge is 2.40. The molecule has 0 unspecified atom stereocenters. The van der Waals surface area contributed by atoms with Gasteiger partial charge in [0, 0.05) is 49.7 Å². The van der Waals surface area contributed by atoms with E-state index in [2.05, 4.69) is 14.9 Å². The Hall–Kier alpha value is -3.89. The van der Waals surface area contributed by atoms with Crippen molar-refractivity contribution >= 4 is 22.6 Å². The minimum absolute atomic E-state index is 0.0904. The van der Waals surface area contributed by atoms with Crippen LogP contribution in [0.25, 0.3) is 22.3 Å². The molecule has 4 aromatic rings. The molecule has 2 aliphatic rings. The molecule has 0 spiro atoms. The van der Waals surface area contributed by atoms with Gasteiger partial charge in [0.15, 0.2) is 11.6 Å². The fourth-order valence-electron chi connectivity index (χ4n) is 6.27. The maximum Gasteiger partial charge on any atom is 0.248 e. The number of rotatable bonds is 5. The third-order valence-corrected chi connectivity index (χ3v) is 8.20. The molecule has 2 aromatic heterocycles. The number of nitrogens with zero attached hydrogens (tertiary/aromatic N) is 6. The van der Waals surface area contributed by atoms with Crippen LogP contribution in [-0.2, 0) is 11.8 Å². The van der Waals surface area contributed by atoms with Crippen LogP contribution in [0, 0.1) is 12.7 Å². The van der Waals surface area contributed by atoms with Gasteiger partial charge in [0.25, 0.3) is 0 Å². The number of hydrogen-bond donors (Lipinski definition) is 0. The van der Waals surface area contributed by atoms with Crippen molar-refractivity contribution in [3.05, 3.63) is 53.7 Å². The number of halogens is 3. The van der Waals surface area contributed by atoms with E-state index in [0.29, 0.717) is 49.1 Å². The Morgan fingerprint density at radius 2 is 1.85 bits per heavy atom. The summed E-state index contributed by atoms with van der Waals surface area (Å²) in [5, 5.41) is 8.27. The minimum Gasteiger partial charge on any atom is -0.494 e. The summed E-state index contributed by atoms with van der Waals surface area (Å²) < 4.78 is 51.9. The Bertz CT molecular complexity index is 1570. The Morgan fingerprint density at radius 3 is 2.52 bits per heavy atom. The smallest absolute Gasteiger partial charge is 0.248 e. The van der Waals surface area contributed by atoms with E-state index in [0.717, 1.165) is 22.5 Å². The minimum atomic E-state index is -2.68. The molecular formula is C29H31F3N6O2. The molecule has 1 saturated carbocycles. The molecule has 1 atom stereocenters. The first-order chi connectivity index (χ1) is 19.2. The molecule has 2 fully saturated rings. The van der Waals surface area contributed by atoms with E-state index in [1.54, 1.807) is 15.6 Å². The SMILES string of the molecule is COc1ccc(N2C(=O)CCC[C@H]2c2nc3cc(-c4c(C)nnn4C)ccc3n2C2CCC(F)(F)CC2)cc1F. The summed E-state index contributed by atoms with van der Waals surface area (Å²) in [6.45, 7) is 1.89. The van der Waals surface area contributed by atoms with Crippen LogP contribution in [0.5, 0.6) is 5.75 Å². The molecule has 6 rings (SSSR count). The van der Waals surface area contributed by atoms with Gasteiger partial charge in [-0.3, -0.25) is 4.79 Å². The predicted molar refractivity (Wildman–Crippen MR) is 144 cm³/mol. The fraction of sp³-hybridized carbons (Fsp3) is 0.448. The van der Waals surface area contributed by atoms with Crippen molar-refractivity contribution in [3.63, 3.8) is 0 Å². The van der Waals surface area contributed by atoms with Crippen molar-refractivity contribution in [2.24, 2.45) is 7.05 Å². The van der Waals surface area contributed by atoms with Crippen LogP contribution in [0.2, 0.25) is 0 Å². The monoisotopic (exact) mass is 552 g/mol. The lowest BCUT2D eigenvalue weighted by molar-refractivity contribution is -0.120. The molecule has 1 saturated heterocycles. The van der Waals surface area contributed by atoms with Crippen molar-refractivity contribution in [2.75, 3.05) is 12.0 Å². The van der Waals surface area contributed by atoms with Gasteiger partial charge in [0.05, 0.1) is 35.6 Å². The maximum absolute atomic E-state index is 14.7. The summed E-state index contributed by atoms with van der Waals surface area (Å²) in [6, 6.07) is 9.69. The lowest BCUT2D eigenvalue weighted by Gasteiger charge is -2.37. The number of carbonyl (C=O) groups is 1. The summed E-state index contributed by atoms with van der Waals surface area (Å²) >= 11 is 0. The molecule has 2 aromatic carbocycles. The third-order valence-electron chi connectivity index (χ3n) is 8.20. The maximum atomic E-state index is 14.7. The number of carbonyl (C=O) groups excluding carboxylic acids is 1. The van der Waals surface area contributed by atoms with Crippen molar-refractivity contribution in [1.29, 1.82) is 0 Å². The van der Waals surface area contributed by atoms with Crippen LogP contribution in [-0.4, -0.2) is 43.5 Å². The van der Waals surface area contributed by atoms with Gasteiger partial charge in [-0.2, -0.15) is 0 Å². The standard InChI is InChI=1S/C29H31F3N6O2/c1-17-27(36(2)35-34-17)18-7-9-23-22(15-18)33-28(38(23)19-11-13-29(31,32)14-12-19)24-5-4-6-26(39)37(24)20-8-10-25(40-3)21(30)16-20/h7-10,15-16,19,24H,4-6,11-14H2,1-3H3/t24-/m0/s1. The Kier molecular flexibility index (Phi) is 6.54. The van der Waals surface area contributed by atoms with Gasteiger partial charge < -0.3 is 14.2 Å². The first-order valence-electron chi connectivity index (χ1n) is 13.6. The van der Waals surface area contributed by atoms with E-state index >= 15 is 0 Å². The van der Waals surface area contributed by atoms with E-state index in [-0.39, 0.29) is 30.5 Å². The summed E-state index contributed by atoms with van der Waals surface area (Å²) in [5.41, 5.74) is 4.46. The van der Waals surface area contributed by atoms with Gasteiger partial charge in [0.1, 0.15) is 5.82 Å². The molecule has 11 heteroatoms. The predicted octanol–water partition coefficient (Wildman–Crippen LogP) is 6.30. The van der Waals surface area contributed by atoms with E-state index in [9.17, 15) is 18.0 Å². The number of fused-ring (bicyclic) bond motifs is 1. The molecule has 1 aliphatic heterocycles. The number of piperidine rings is 1. The van der Waals surface area contributed by atoms with Gasteiger partial charge >= 0.3 is 0 Å². The quantitative estimate of drug-likeness (QED) is 0.291. The average molecular weight is 553 g/mol. The molecule has 8 nitrogen and oxygen atoms in total. The zero-order valence-electron chi connectivity index (χ0n) is 22.7. The molecule has 0 bridgehead atoms. The molecule has 3 heterocycles. The van der Waals surface area contributed by atoms with E-state index in [1.807, 2.05) is 32.2 Å². The lowest BCUT2D eigenvalue weighted by atomic mass is 9.91. The van der Waals surface area contributed by atoms with Gasteiger partial charge in [0.2, 0.25) is 11.8 Å². The van der Waals surface area contributed by atoms with E-state index < -0.39 is 17.8 Å². The number of aryl methyl sites for hydroxylation is 2. The number of anilines is 1. The number of benzene rings is 2. The second-order valence-corrected chi connectivity index (χ2v) is 10.8. The van der Waals surface area contributed by atoms with E-state index in [1.165, 1.54) is 19.2 Å². The van der Waals surface area contributed by atoms with Gasteiger partial charge in [-0.25, -0.2) is 22.8 Å². The summed E-state index contributed by atoms with van der Waals surface area (Å²) in [7, 11) is 3.21. The largest absolute Gasteiger partial charge is 0.494 e. The number of alkyl halides is 2. The molecule has 0 radical (unpaired) electrons. The fourth-order valence-corrected chi connectivity index (χ4v) is 6.27. The van der Waals surface area contributed by atoms with Gasteiger partial charge in [-0.15, -0.1) is 5.10 Å². The summed E-state index contributed by atoms with van der Waals surface area (Å²) in [5.74, 6) is -2.66. The molecular weight excluding hydrogens is 521 g/mol. The highest BCUT2D eigenvalue weighted by molar-refractivity contribution is 5.95. The third kappa shape index (κ3) is 4.50. The Morgan fingerprint density at radius 1 is 1.07 bits per heavy atom. The van der Waals surface area contributed by atoms with Gasteiger partial charge in [-0.1, -0.05) is 11.3 Å². The Labute approximate surface area is 229 Å². The van der Waals surface area contributed by atoms with Crippen LogP contribution in [0.1, 0.15) is 68.5 Å². The zero-order chi connectivity index (χ0) is 28.2. The molecule has 210 valence electrons. The average Bonchev–Trinajstić information content (AvgIpc) is 3.47. The first kappa shape index (κ1) is 26.3. The van der Waals surface area contributed by atoms with Crippen LogP contribution in [0.3, 0.4) is 0 Å². The molecule has 1 aliphatic carbocycles. The number of hydrogen-bond acceptors (Lipinski definition) is 5. The number of ether oxygens (including phenoxy) is 1. The normalized spacial score (nSPS) is 19.9. The second kappa shape index (κ2) is 9.94. The zero-order valence-corrected chi connectivity index (χ0v) is 22.7. The lowest BCUT2D eigenvalue weighted by Crippen LogP contribution is -2.40. The number of aromatic nitrogens is 5. The number of methoxy groups -OCH3 is 1. The summed E-state index contributed by atoms with van der Waals surface area (Å²) in [6.07, 6.45) is 1.79. The van der Waals surface area contributed by atoms with Crippen LogP contribution in [0.15, 0.2) is 36.4 Å². The summed E-state index contributed by atoms with van der Waals surface area (Å²) in [4.78, 5) is 20.0. The molecule has 0 N–H and O–H groups in total. The van der Waals surface area contributed by atoms with Crippen molar-refractivity contribution in [2.45, 2.75) is 69.9 Å². The van der Waals surface area contributed by atoms with Crippen molar-refractivity contribution in [1.82, 2.24) is 24.5 Å². The second-order valence-electron chi connectivity index (χ2n) is 10.8.